The van der Waals surface area contributed by atoms with Gasteiger partial charge in [-0.15, -0.1) is 0 Å². The van der Waals surface area contributed by atoms with Crippen LogP contribution < -0.4 is 5.32 Å². The Morgan fingerprint density at radius 1 is 0.694 bits per heavy atom. The van der Waals surface area contributed by atoms with Gasteiger partial charge in [-0.05, 0) is 64.2 Å². The van der Waals surface area contributed by atoms with Crippen molar-refractivity contribution in [2.45, 2.75) is 129 Å². The molecule has 2 atom stereocenters. The van der Waals surface area contributed by atoms with E-state index in [1.165, 1.54) is 32.1 Å². The van der Waals surface area contributed by atoms with Crippen molar-refractivity contribution in [1.29, 1.82) is 0 Å². The van der Waals surface area contributed by atoms with E-state index in [1.807, 2.05) is 6.08 Å². The number of hydrogen-bond donors (Lipinski definition) is 3. The maximum absolute atomic E-state index is 12.2. The molecule has 0 radical (unpaired) electrons. The standard InChI is InChI=1S/C32H55NO3/c1-3-5-7-9-11-13-14-15-16-17-18-20-22-24-26-28-32(36)33-30(29-34)31(35)27-25-23-21-19-12-10-8-6-4-2/h5,7,11-13,15-16,19,25,27,30-31,34-35H,3-4,6,8-10,14,17-18,20-24,26,28-29H2,1-2H3,(H,33,36)/b7-5-,13-11-,16-15-,19-12+,27-25+. The van der Waals surface area contributed by atoms with Crippen molar-refractivity contribution in [3.05, 3.63) is 60.8 Å². The number of hydrogen-bond acceptors (Lipinski definition) is 3. The molecular formula is C32H55NO3. The SMILES string of the molecule is CC/C=C\C/C=C\C/C=C\CCCCCCCC(=O)NC(CO)C(O)/C=C/CC/C=C/CCCCC. The lowest BCUT2D eigenvalue weighted by Gasteiger charge is -2.19. The van der Waals surface area contributed by atoms with Gasteiger partial charge in [-0.1, -0.05) is 107 Å². The Balaban J connectivity index is 3.79. The van der Waals surface area contributed by atoms with Gasteiger partial charge < -0.3 is 15.5 Å². The number of carbonyl (C=O) groups excluding carboxylic acids is 1. The maximum Gasteiger partial charge on any atom is 0.220 e. The summed E-state index contributed by atoms with van der Waals surface area (Å²) in [5, 5.41) is 22.6. The molecule has 0 aliphatic rings. The average molecular weight is 502 g/mol. The predicted molar refractivity (Wildman–Crippen MR) is 156 cm³/mol. The zero-order valence-electron chi connectivity index (χ0n) is 23.3. The summed E-state index contributed by atoms with van der Waals surface area (Å²) in [5.41, 5.74) is 0. The van der Waals surface area contributed by atoms with Gasteiger partial charge in [-0.2, -0.15) is 0 Å². The number of unbranched alkanes of at least 4 members (excludes halogenated alkanes) is 9. The van der Waals surface area contributed by atoms with Gasteiger partial charge in [-0.3, -0.25) is 4.79 Å². The number of aliphatic hydroxyl groups is 2. The highest BCUT2D eigenvalue weighted by molar-refractivity contribution is 5.76. The molecular weight excluding hydrogens is 446 g/mol. The quantitative estimate of drug-likeness (QED) is 0.0930. The van der Waals surface area contributed by atoms with Crippen molar-refractivity contribution in [1.82, 2.24) is 5.32 Å². The van der Waals surface area contributed by atoms with Gasteiger partial charge in [-0.25, -0.2) is 0 Å². The summed E-state index contributed by atoms with van der Waals surface area (Å²) in [6.45, 7) is 4.09. The van der Waals surface area contributed by atoms with Crippen LogP contribution in [0, 0.1) is 0 Å². The third-order valence-corrected chi connectivity index (χ3v) is 5.98. The van der Waals surface area contributed by atoms with E-state index in [4.69, 9.17) is 0 Å². The van der Waals surface area contributed by atoms with Crippen LogP contribution >= 0.6 is 0 Å². The van der Waals surface area contributed by atoms with Crippen LogP contribution in [0.5, 0.6) is 0 Å². The zero-order chi connectivity index (χ0) is 26.5. The molecule has 0 aliphatic heterocycles. The largest absolute Gasteiger partial charge is 0.394 e. The van der Waals surface area contributed by atoms with E-state index in [0.717, 1.165) is 64.2 Å². The van der Waals surface area contributed by atoms with Gasteiger partial charge in [0.15, 0.2) is 0 Å². The van der Waals surface area contributed by atoms with Gasteiger partial charge >= 0.3 is 0 Å². The second-order valence-electron chi connectivity index (χ2n) is 9.42. The van der Waals surface area contributed by atoms with Crippen LogP contribution in [0.25, 0.3) is 0 Å². The summed E-state index contributed by atoms with van der Waals surface area (Å²) in [7, 11) is 0. The fraction of sp³-hybridized carbons (Fsp3) is 0.656. The summed E-state index contributed by atoms with van der Waals surface area (Å²) in [6, 6.07) is -0.646. The van der Waals surface area contributed by atoms with E-state index in [0.29, 0.717) is 6.42 Å². The van der Waals surface area contributed by atoms with E-state index in [-0.39, 0.29) is 12.5 Å². The van der Waals surface area contributed by atoms with Crippen LogP contribution in [0.2, 0.25) is 0 Å². The highest BCUT2D eigenvalue weighted by atomic mass is 16.3. The van der Waals surface area contributed by atoms with Gasteiger partial charge in [0.1, 0.15) is 0 Å². The Kier molecular flexibility index (Phi) is 26.2. The molecule has 0 rings (SSSR count). The minimum atomic E-state index is -0.867. The minimum absolute atomic E-state index is 0.0994. The molecule has 0 heterocycles. The van der Waals surface area contributed by atoms with Gasteiger partial charge in [0.05, 0.1) is 18.8 Å². The molecule has 3 N–H and O–H groups in total. The highest BCUT2D eigenvalue weighted by Gasteiger charge is 2.17. The van der Waals surface area contributed by atoms with E-state index in [2.05, 4.69) is 67.8 Å². The minimum Gasteiger partial charge on any atom is -0.394 e. The Morgan fingerprint density at radius 3 is 1.94 bits per heavy atom. The van der Waals surface area contributed by atoms with Crippen molar-refractivity contribution in [3.8, 4) is 0 Å². The third kappa shape index (κ3) is 23.8. The zero-order valence-corrected chi connectivity index (χ0v) is 23.3. The number of nitrogens with one attached hydrogen (secondary N) is 1. The van der Waals surface area contributed by atoms with Crippen LogP contribution in [0.15, 0.2) is 60.8 Å². The van der Waals surface area contributed by atoms with Crippen LogP contribution in [0.3, 0.4) is 0 Å². The summed E-state index contributed by atoms with van der Waals surface area (Å²) >= 11 is 0. The fourth-order valence-corrected chi connectivity index (χ4v) is 3.73. The molecule has 0 aliphatic carbocycles. The second-order valence-corrected chi connectivity index (χ2v) is 9.42. The molecule has 0 saturated heterocycles. The predicted octanol–water partition coefficient (Wildman–Crippen LogP) is 7.89. The molecule has 0 spiro atoms. The monoisotopic (exact) mass is 501 g/mol. The lowest BCUT2D eigenvalue weighted by atomic mass is 10.1. The third-order valence-electron chi connectivity index (χ3n) is 5.98. The first-order valence-electron chi connectivity index (χ1n) is 14.5. The molecule has 0 saturated carbocycles. The molecule has 0 bridgehead atoms. The van der Waals surface area contributed by atoms with Gasteiger partial charge in [0.2, 0.25) is 5.91 Å². The molecule has 4 nitrogen and oxygen atoms in total. The van der Waals surface area contributed by atoms with Crippen molar-refractivity contribution in [2.75, 3.05) is 6.61 Å². The molecule has 0 aromatic rings. The molecule has 0 aromatic carbocycles. The molecule has 36 heavy (non-hydrogen) atoms. The normalized spacial score (nSPS) is 14.2. The molecule has 1 amide bonds. The smallest absolute Gasteiger partial charge is 0.220 e. The first-order chi connectivity index (χ1) is 17.7. The number of rotatable bonds is 24. The lowest BCUT2D eigenvalue weighted by Crippen LogP contribution is -2.45. The van der Waals surface area contributed by atoms with Crippen molar-refractivity contribution in [3.63, 3.8) is 0 Å². The number of allylic oxidation sites excluding steroid dienone is 9. The number of aliphatic hydroxyl groups excluding tert-OH is 2. The van der Waals surface area contributed by atoms with E-state index >= 15 is 0 Å². The van der Waals surface area contributed by atoms with Crippen molar-refractivity contribution >= 4 is 5.91 Å². The van der Waals surface area contributed by atoms with Gasteiger partial charge in [0.25, 0.3) is 0 Å². The maximum atomic E-state index is 12.2. The average Bonchev–Trinajstić information content (AvgIpc) is 2.88. The molecule has 4 heteroatoms. The van der Waals surface area contributed by atoms with E-state index < -0.39 is 12.1 Å². The fourth-order valence-electron chi connectivity index (χ4n) is 3.73. The van der Waals surface area contributed by atoms with Crippen LogP contribution in [-0.2, 0) is 4.79 Å². The van der Waals surface area contributed by atoms with Gasteiger partial charge in [0, 0.05) is 6.42 Å². The summed E-state index contributed by atoms with van der Waals surface area (Å²) in [5.74, 6) is -0.0994. The summed E-state index contributed by atoms with van der Waals surface area (Å²) < 4.78 is 0. The molecule has 206 valence electrons. The molecule has 0 fully saturated rings. The van der Waals surface area contributed by atoms with E-state index in [1.54, 1.807) is 6.08 Å². The Labute approximate surface area is 222 Å². The summed E-state index contributed by atoms with van der Waals surface area (Å²) in [4.78, 5) is 12.2. The van der Waals surface area contributed by atoms with Crippen LogP contribution in [0.1, 0.15) is 117 Å². The first kappa shape index (κ1) is 34.1. The Morgan fingerprint density at radius 2 is 1.25 bits per heavy atom. The van der Waals surface area contributed by atoms with Crippen molar-refractivity contribution < 1.29 is 15.0 Å². The molecule has 0 aromatic heterocycles. The van der Waals surface area contributed by atoms with E-state index in [9.17, 15) is 15.0 Å². The molecule has 2 unspecified atom stereocenters. The number of carbonyl (C=O) groups is 1. The second kappa shape index (κ2) is 27.7. The van der Waals surface area contributed by atoms with Crippen LogP contribution in [-0.4, -0.2) is 34.9 Å². The lowest BCUT2D eigenvalue weighted by molar-refractivity contribution is -0.123. The van der Waals surface area contributed by atoms with Crippen molar-refractivity contribution in [2.24, 2.45) is 0 Å². The highest BCUT2D eigenvalue weighted by Crippen LogP contribution is 2.09. The summed E-state index contributed by atoms with van der Waals surface area (Å²) in [6.07, 6.45) is 37.2. The topological polar surface area (TPSA) is 69.6 Å². The Hall–Kier alpha value is -1.91. The first-order valence-corrected chi connectivity index (χ1v) is 14.5. The van der Waals surface area contributed by atoms with Crippen LogP contribution in [0.4, 0.5) is 0 Å². The number of amides is 1. The Bertz CT molecular complexity index is 633.